The number of para-hydroxylation sites is 2. The summed E-state index contributed by atoms with van der Waals surface area (Å²) in [6.45, 7) is 0.313. The third-order valence-electron chi connectivity index (χ3n) is 6.46. The number of rotatable bonds is 9. The second kappa shape index (κ2) is 11.5. The highest BCUT2D eigenvalue weighted by atomic mass is 35.5. The predicted octanol–water partition coefficient (Wildman–Crippen LogP) is 6.24. The van der Waals surface area contributed by atoms with E-state index in [9.17, 15) is 14.7 Å². The lowest BCUT2D eigenvalue weighted by Gasteiger charge is -2.19. The van der Waals surface area contributed by atoms with Crippen LogP contribution >= 0.6 is 11.6 Å². The van der Waals surface area contributed by atoms with E-state index in [2.05, 4.69) is 15.3 Å². The molecule has 196 valence electrons. The van der Waals surface area contributed by atoms with Gasteiger partial charge in [-0.1, -0.05) is 60.1 Å². The Labute approximate surface area is 230 Å². The van der Waals surface area contributed by atoms with Gasteiger partial charge in [0.1, 0.15) is 5.82 Å². The molecule has 0 fully saturated rings. The molecule has 1 atom stereocenters. The van der Waals surface area contributed by atoms with Crippen molar-refractivity contribution in [3.8, 4) is 22.5 Å². The number of nitrogens with zero attached hydrogens (tertiary/aromatic N) is 1. The second-order valence-electron chi connectivity index (χ2n) is 9.17. The summed E-state index contributed by atoms with van der Waals surface area (Å²) in [6, 6.07) is 27.0. The molecule has 0 saturated heterocycles. The minimum atomic E-state index is -1.16. The number of halogens is 1. The van der Waals surface area contributed by atoms with E-state index in [0.29, 0.717) is 40.6 Å². The van der Waals surface area contributed by atoms with Crippen LogP contribution in [-0.2, 0) is 11.2 Å². The number of carbonyl (C=O) groups is 2. The van der Waals surface area contributed by atoms with Crippen LogP contribution in [0.5, 0.6) is 0 Å². The summed E-state index contributed by atoms with van der Waals surface area (Å²) in [5.41, 5.74) is 4.63. The number of ether oxygens (including phenoxy) is 1. The van der Waals surface area contributed by atoms with Crippen LogP contribution in [0.1, 0.15) is 26.3 Å². The fourth-order valence-corrected chi connectivity index (χ4v) is 4.82. The number of aromatic carboxylic acids is 1. The van der Waals surface area contributed by atoms with Crippen LogP contribution in [-0.4, -0.2) is 46.7 Å². The molecule has 7 nitrogen and oxygen atoms in total. The Hall–Kier alpha value is -4.46. The van der Waals surface area contributed by atoms with Crippen molar-refractivity contribution in [2.45, 2.75) is 12.5 Å². The van der Waals surface area contributed by atoms with E-state index in [0.717, 1.165) is 16.6 Å². The van der Waals surface area contributed by atoms with Crippen molar-refractivity contribution in [2.24, 2.45) is 0 Å². The van der Waals surface area contributed by atoms with E-state index in [-0.39, 0.29) is 23.1 Å². The SMILES string of the molecule is COC[C@H](Cc1ccccc1)NC(=O)c1ccc(-c2cc(Cl)ccc2-c2nc3ccccc3[nH]2)c(C(=O)O)c1. The monoisotopic (exact) mass is 539 g/mol. The number of aromatic nitrogens is 2. The molecule has 39 heavy (non-hydrogen) atoms. The Bertz CT molecular complexity index is 1620. The Morgan fingerprint density at radius 1 is 0.949 bits per heavy atom. The van der Waals surface area contributed by atoms with Crippen molar-refractivity contribution in [2.75, 3.05) is 13.7 Å². The van der Waals surface area contributed by atoms with Crippen LogP contribution in [0.25, 0.3) is 33.5 Å². The van der Waals surface area contributed by atoms with E-state index < -0.39 is 5.97 Å². The van der Waals surface area contributed by atoms with Gasteiger partial charge >= 0.3 is 5.97 Å². The molecule has 1 amide bonds. The maximum atomic E-state index is 13.2. The molecule has 0 bridgehead atoms. The van der Waals surface area contributed by atoms with Gasteiger partial charge in [0, 0.05) is 23.3 Å². The zero-order chi connectivity index (χ0) is 27.4. The summed E-state index contributed by atoms with van der Waals surface area (Å²) in [7, 11) is 1.58. The number of fused-ring (bicyclic) bond motifs is 1. The van der Waals surface area contributed by atoms with Crippen LogP contribution in [0.3, 0.4) is 0 Å². The van der Waals surface area contributed by atoms with Crippen molar-refractivity contribution in [3.63, 3.8) is 0 Å². The zero-order valence-electron chi connectivity index (χ0n) is 21.1. The number of nitrogens with one attached hydrogen (secondary N) is 2. The Balaban J connectivity index is 1.49. The number of carboxylic acid groups (broad SMARTS) is 1. The summed E-state index contributed by atoms with van der Waals surface area (Å²) >= 11 is 6.35. The van der Waals surface area contributed by atoms with E-state index in [1.807, 2.05) is 54.6 Å². The van der Waals surface area contributed by atoms with Gasteiger partial charge in [-0.15, -0.1) is 0 Å². The van der Waals surface area contributed by atoms with E-state index in [4.69, 9.17) is 16.3 Å². The highest BCUT2D eigenvalue weighted by Gasteiger charge is 2.21. The van der Waals surface area contributed by atoms with Crippen molar-refractivity contribution in [3.05, 3.63) is 113 Å². The van der Waals surface area contributed by atoms with Gasteiger partial charge in [0.25, 0.3) is 5.91 Å². The number of hydrogen-bond acceptors (Lipinski definition) is 4. The van der Waals surface area contributed by atoms with Gasteiger partial charge in [-0.05, 0) is 65.6 Å². The Morgan fingerprint density at radius 2 is 1.69 bits per heavy atom. The van der Waals surface area contributed by atoms with Gasteiger partial charge < -0.3 is 20.1 Å². The van der Waals surface area contributed by atoms with Crippen LogP contribution in [0.15, 0.2) is 91.0 Å². The largest absolute Gasteiger partial charge is 0.478 e. The number of H-pyrrole nitrogens is 1. The van der Waals surface area contributed by atoms with E-state index in [1.165, 1.54) is 6.07 Å². The van der Waals surface area contributed by atoms with Crippen molar-refractivity contribution >= 4 is 34.5 Å². The number of methoxy groups -OCH3 is 1. The predicted molar refractivity (Wildman–Crippen MR) is 152 cm³/mol. The van der Waals surface area contributed by atoms with Gasteiger partial charge in [0.15, 0.2) is 0 Å². The minimum Gasteiger partial charge on any atom is -0.478 e. The number of imidazole rings is 1. The third kappa shape index (κ3) is 5.85. The maximum absolute atomic E-state index is 13.2. The summed E-state index contributed by atoms with van der Waals surface area (Å²) in [5, 5.41) is 13.6. The summed E-state index contributed by atoms with van der Waals surface area (Å²) in [4.78, 5) is 33.6. The van der Waals surface area contributed by atoms with Crippen LogP contribution in [0.4, 0.5) is 0 Å². The van der Waals surface area contributed by atoms with Crippen LogP contribution < -0.4 is 5.32 Å². The summed E-state index contributed by atoms with van der Waals surface area (Å²) in [5.74, 6) is -0.956. The fraction of sp³-hybridized carbons (Fsp3) is 0.129. The number of benzene rings is 4. The van der Waals surface area contributed by atoms with Crippen molar-refractivity contribution < 1.29 is 19.4 Å². The average Bonchev–Trinajstić information content (AvgIpc) is 3.37. The maximum Gasteiger partial charge on any atom is 0.336 e. The third-order valence-corrected chi connectivity index (χ3v) is 6.69. The topological polar surface area (TPSA) is 104 Å². The second-order valence-corrected chi connectivity index (χ2v) is 9.61. The highest BCUT2D eigenvalue weighted by molar-refractivity contribution is 6.31. The molecular weight excluding hydrogens is 514 g/mol. The number of carboxylic acids is 1. The molecule has 0 unspecified atom stereocenters. The molecule has 0 saturated carbocycles. The lowest BCUT2D eigenvalue weighted by molar-refractivity contribution is 0.0697. The molecule has 1 heterocycles. The van der Waals surface area contributed by atoms with Crippen LogP contribution in [0.2, 0.25) is 5.02 Å². The first-order valence-electron chi connectivity index (χ1n) is 12.4. The molecule has 0 radical (unpaired) electrons. The standard InChI is InChI=1S/C31H26ClN3O4/c1-39-18-22(15-19-7-3-2-4-8-19)33-30(36)20-11-13-23(26(16-20)31(37)38)25-17-21(32)12-14-24(25)29-34-27-9-5-6-10-28(27)35-29/h2-14,16-17,22H,15,18H2,1H3,(H,33,36)(H,34,35)(H,37,38)/t22-/m0/s1. The molecule has 5 aromatic rings. The van der Waals surface area contributed by atoms with Crippen molar-refractivity contribution in [1.29, 1.82) is 0 Å². The molecule has 0 aliphatic heterocycles. The molecular formula is C31H26ClN3O4. The van der Waals surface area contributed by atoms with Crippen molar-refractivity contribution in [1.82, 2.24) is 15.3 Å². The number of carbonyl (C=O) groups excluding carboxylic acids is 1. The Morgan fingerprint density at radius 3 is 2.44 bits per heavy atom. The van der Waals surface area contributed by atoms with E-state index >= 15 is 0 Å². The van der Waals surface area contributed by atoms with Crippen LogP contribution in [0, 0.1) is 0 Å². The summed E-state index contributed by atoms with van der Waals surface area (Å²) < 4.78 is 5.31. The Kier molecular flexibility index (Phi) is 7.72. The van der Waals surface area contributed by atoms with Gasteiger partial charge in [0.2, 0.25) is 0 Å². The quantitative estimate of drug-likeness (QED) is 0.206. The van der Waals surface area contributed by atoms with Gasteiger partial charge in [-0.3, -0.25) is 4.79 Å². The molecule has 8 heteroatoms. The van der Waals surface area contributed by atoms with E-state index in [1.54, 1.807) is 37.4 Å². The average molecular weight is 540 g/mol. The lowest BCUT2D eigenvalue weighted by Crippen LogP contribution is -2.39. The minimum absolute atomic E-state index is 0.0198. The highest BCUT2D eigenvalue weighted by Crippen LogP contribution is 2.36. The van der Waals surface area contributed by atoms with Gasteiger partial charge in [-0.25, -0.2) is 9.78 Å². The molecule has 0 spiro atoms. The molecule has 0 aliphatic carbocycles. The molecule has 3 N–H and O–H groups in total. The smallest absolute Gasteiger partial charge is 0.336 e. The first-order chi connectivity index (χ1) is 18.9. The van der Waals surface area contributed by atoms with Gasteiger partial charge in [-0.2, -0.15) is 0 Å². The fourth-order valence-electron chi connectivity index (χ4n) is 4.64. The normalized spacial score (nSPS) is 11.8. The molecule has 4 aromatic carbocycles. The lowest BCUT2D eigenvalue weighted by atomic mass is 9.93. The number of amides is 1. The molecule has 5 rings (SSSR count). The number of hydrogen-bond donors (Lipinski definition) is 3. The van der Waals surface area contributed by atoms with Gasteiger partial charge in [0.05, 0.1) is 29.2 Å². The number of aromatic amines is 1. The first kappa shape index (κ1) is 26.2. The summed E-state index contributed by atoms with van der Waals surface area (Å²) in [6.07, 6.45) is 0.577. The first-order valence-corrected chi connectivity index (χ1v) is 12.8. The molecule has 0 aliphatic rings. The molecule has 1 aromatic heterocycles. The zero-order valence-corrected chi connectivity index (χ0v) is 21.9.